The van der Waals surface area contributed by atoms with Crippen molar-refractivity contribution in [3.05, 3.63) is 70.3 Å². The van der Waals surface area contributed by atoms with Crippen LogP contribution in [0.4, 0.5) is 0 Å². The molecule has 0 aromatic heterocycles. The normalized spacial score (nSPS) is 15.0. The summed E-state index contributed by atoms with van der Waals surface area (Å²) in [6.07, 6.45) is 0. The molecule has 0 bridgehead atoms. The Kier molecular flexibility index (Phi) is 4.46. The van der Waals surface area contributed by atoms with Gasteiger partial charge in [-0.05, 0) is 46.7 Å². The van der Waals surface area contributed by atoms with Crippen LogP contribution in [0.1, 0.15) is 66.3 Å². The summed E-state index contributed by atoms with van der Waals surface area (Å²) in [7, 11) is 0. The first-order valence-corrected chi connectivity index (χ1v) is 8.58. The van der Waals surface area contributed by atoms with Crippen molar-refractivity contribution in [1.29, 1.82) is 0 Å². The van der Waals surface area contributed by atoms with Crippen molar-refractivity contribution in [2.24, 2.45) is 0 Å². The molecule has 24 heavy (non-hydrogen) atoms. The third-order valence-corrected chi connectivity index (χ3v) is 4.72. The van der Waals surface area contributed by atoms with Gasteiger partial charge in [-0.3, -0.25) is 4.79 Å². The van der Waals surface area contributed by atoms with Gasteiger partial charge < -0.3 is 10.6 Å². The maximum atomic E-state index is 12.5. The van der Waals surface area contributed by atoms with Crippen molar-refractivity contribution in [3.8, 4) is 0 Å². The second-order valence-corrected chi connectivity index (χ2v) is 7.65. The molecule has 0 fully saturated rings. The van der Waals surface area contributed by atoms with E-state index in [9.17, 15) is 4.79 Å². The Labute approximate surface area is 144 Å². The molecule has 2 aromatic rings. The maximum absolute atomic E-state index is 12.5. The highest BCUT2D eigenvalue weighted by atomic mass is 16.1. The van der Waals surface area contributed by atoms with Crippen LogP contribution in [-0.4, -0.2) is 5.91 Å². The monoisotopic (exact) mass is 322 g/mol. The molecular formula is C21H26N2O. The molecule has 2 N–H and O–H groups in total. The minimum atomic E-state index is -0.0166. The highest BCUT2D eigenvalue weighted by Gasteiger charge is 2.17. The molecule has 0 saturated heterocycles. The number of fused-ring (bicyclic) bond motifs is 1. The first-order chi connectivity index (χ1) is 11.3. The lowest BCUT2D eigenvalue weighted by atomic mass is 9.86. The van der Waals surface area contributed by atoms with Crippen LogP contribution in [0.3, 0.4) is 0 Å². The lowest BCUT2D eigenvalue weighted by Gasteiger charge is -2.21. The molecule has 3 heteroatoms. The van der Waals surface area contributed by atoms with Crippen molar-refractivity contribution >= 4 is 5.91 Å². The van der Waals surface area contributed by atoms with E-state index in [2.05, 4.69) is 55.7 Å². The van der Waals surface area contributed by atoms with Gasteiger partial charge in [0.15, 0.2) is 0 Å². The molecule has 1 amide bonds. The zero-order chi connectivity index (χ0) is 17.3. The summed E-state index contributed by atoms with van der Waals surface area (Å²) in [6.45, 7) is 10.4. The minimum Gasteiger partial charge on any atom is -0.346 e. The number of rotatable bonds is 3. The van der Waals surface area contributed by atoms with E-state index in [-0.39, 0.29) is 17.4 Å². The fourth-order valence-corrected chi connectivity index (χ4v) is 3.07. The molecule has 126 valence electrons. The lowest BCUT2D eigenvalue weighted by molar-refractivity contribution is 0.0940. The van der Waals surface area contributed by atoms with Gasteiger partial charge in [-0.15, -0.1) is 0 Å². The molecule has 1 unspecified atom stereocenters. The fraction of sp³-hybridized carbons (Fsp3) is 0.381. The third-order valence-electron chi connectivity index (χ3n) is 4.72. The lowest BCUT2D eigenvalue weighted by Crippen LogP contribution is -2.26. The Bertz CT molecular complexity index is 741. The molecule has 3 nitrogen and oxygen atoms in total. The smallest absolute Gasteiger partial charge is 0.251 e. The predicted octanol–water partition coefficient (Wildman–Crippen LogP) is 4.08. The molecule has 2 aromatic carbocycles. The second-order valence-electron chi connectivity index (χ2n) is 7.65. The maximum Gasteiger partial charge on any atom is 0.251 e. The summed E-state index contributed by atoms with van der Waals surface area (Å²) >= 11 is 0. The largest absolute Gasteiger partial charge is 0.346 e. The molecular weight excluding hydrogens is 296 g/mol. The predicted molar refractivity (Wildman–Crippen MR) is 98.0 cm³/mol. The SMILES string of the molecule is CC(NC(=O)c1ccc2c(c1)CNC2)c1ccc(C(C)(C)C)cc1. The van der Waals surface area contributed by atoms with Gasteiger partial charge in [-0.2, -0.15) is 0 Å². The molecule has 1 atom stereocenters. The van der Waals surface area contributed by atoms with Crippen LogP contribution in [-0.2, 0) is 18.5 Å². The van der Waals surface area contributed by atoms with Crippen LogP contribution in [0.2, 0.25) is 0 Å². The van der Waals surface area contributed by atoms with Gasteiger partial charge in [0.1, 0.15) is 0 Å². The molecule has 3 rings (SSSR count). The molecule has 0 radical (unpaired) electrons. The van der Waals surface area contributed by atoms with E-state index in [0.29, 0.717) is 0 Å². The molecule has 1 aliphatic rings. The standard InChI is InChI=1S/C21H26N2O/c1-14(15-7-9-19(10-8-15)21(2,3)4)23-20(24)16-5-6-17-12-22-13-18(17)11-16/h5-11,14,22H,12-13H2,1-4H3,(H,23,24). The van der Waals surface area contributed by atoms with Crippen molar-refractivity contribution in [1.82, 2.24) is 10.6 Å². The Morgan fingerprint density at radius 2 is 1.71 bits per heavy atom. The van der Waals surface area contributed by atoms with E-state index >= 15 is 0 Å². The van der Waals surface area contributed by atoms with Crippen LogP contribution in [0, 0.1) is 0 Å². The summed E-state index contributed by atoms with van der Waals surface area (Å²) in [5.74, 6) is -0.0166. The number of amides is 1. The second kappa shape index (κ2) is 6.40. The van der Waals surface area contributed by atoms with Crippen LogP contribution >= 0.6 is 0 Å². The molecule has 0 aliphatic carbocycles. The van der Waals surface area contributed by atoms with Gasteiger partial charge in [0.2, 0.25) is 0 Å². The zero-order valence-electron chi connectivity index (χ0n) is 14.9. The van der Waals surface area contributed by atoms with Crippen LogP contribution < -0.4 is 10.6 Å². The summed E-state index contributed by atoms with van der Waals surface area (Å²) in [5.41, 5.74) is 5.82. The number of carbonyl (C=O) groups excluding carboxylic acids is 1. The summed E-state index contributed by atoms with van der Waals surface area (Å²) in [5, 5.41) is 6.41. The average molecular weight is 322 g/mol. The first kappa shape index (κ1) is 16.7. The average Bonchev–Trinajstić information content (AvgIpc) is 3.01. The summed E-state index contributed by atoms with van der Waals surface area (Å²) in [6, 6.07) is 14.5. The number of hydrogen-bond donors (Lipinski definition) is 2. The van der Waals surface area contributed by atoms with E-state index in [1.807, 2.05) is 25.1 Å². The van der Waals surface area contributed by atoms with Crippen LogP contribution in [0.5, 0.6) is 0 Å². The van der Waals surface area contributed by atoms with Gasteiger partial charge in [0.05, 0.1) is 6.04 Å². The van der Waals surface area contributed by atoms with Gasteiger partial charge in [0.25, 0.3) is 5.91 Å². The van der Waals surface area contributed by atoms with Crippen molar-refractivity contribution in [2.45, 2.75) is 52.2 Å². The summed E-state index contributed by atoms with van der Waals surface area (Å²) < 4.78 is 0. The van der Waals surface area contributed by atoms with Gasteiger partial charge in [-0.1, -0.05) is 51.1 Å². The van der Waals surface area contributed by atoms with Gasteiger partial charge in [0, 0.05) is 18.7 Å². The Morgan fingerprint density at radius 3 is 2.38 bits per heavy atom. The Morgan fingerprint density at radius 1 is 1.04 bits per heavy atom. The number of hydrogen-bond acceptors (Lipinski definition) is 2. The van der Waals surface area contributed by atoms with E-state index < -0.39 is 0 Å². The number of carbonyl (C=O) groups is 1. The number of benzene rings is 2. The highest BCUT2D eigenvalue weighted by molar-refractivity contribution is 5.94. The molecule has 1 heterocycles. The van der Waals surface area contributed by atoms with Crippen molar-refractivity contribution < 1.29 is 4.79 Å². The first-order valence-electron chi connectivity index (χ1n) is 8.58. The quantitative estimate of drug-likeness (QED) is 0.894. The fourth-order valence-electron chi connectivity index (χ4n) is 3.07. The zero-order valence-corrected chi connectivity index (χ0v) is 14.9. The van der Waals surface area contributed by atoms with Gasteiger partial charge in [-0.25, -0.2) is 0 Å². The van der Waals surface area contributed by atoms with Crippen LogP contribution in [0.25, 0.3) is 0 Å². The number of nitrogens with one attached hydrogen (secondary N) is 2. The third kappa shape index (κ3) is 3.51. The Balaban J connectivity index is 1.70. The van der Waals surface area contributed by atoms with Crippen molar-refractivity contribution in [2.75, 3.05) is 0 Å². The van der Waals surface area contributed by atoms with E-state index in [1.54, 1.807) is 0 Å². The van der Waals surface area contributed by atoms with Crippen LogP contribution in [0.15, 0.2) is 42.5 Å². The van der Waals surface area contributed by atoms with E-state index in [1.165, 1.54) is 16.7 Å². The van der Waals surface area contributed by atoms with Gasteiger partial charge >= 0.3 is 0 Å². The Hall–Kier alpha value is -2.13. The van der Waals surface area contributed by atoms with E-state index in [0.717, 1.165) is 24.2 Å². The summed E-state index contributed by atoms with van der Waals surface area (Å²) in [4.78, 5) is 12.5. The van der Waals surface area contributed by atoms with Crippen molar-refractivity contribution in [3.63, 3.8) is 0 Å². The molecule has 0 spiro atoms. The van der Waals surface area contributed by atoms with E-state index in [4.69, 9.17) is 0 Å². The molecule has 1 aliphatic heterocycles. The topological polar surface area (TPSA) is 41.1 Å². The highest BCUT2D eigenvalue weighted by Crippen LogP contribution is 2.24. The molecule has 0 saturated carbocycles. The minimum absolute atomic E-state index is 0.0158.